The zero-order chi connectivity index (χ0) is 18.0. The van der Waals surface area contributed by atoms with Gasteiger partial charge in [-0.25, -0.2) is 4.39 Å². The summed E-state index contributed by atoms with van der Waals surface area (Å²) in [6.07, 6.45) is 0.800. The molecule has 0 aliphatic heterocycles. The number of halogens is 1. The lowest BCUT2D eigenvalue weighted by Gasteiger charge is -2.17. The molecule has 4 nitrogen and oxygen atoms in total. The van der Waals surface area contributed by atoms with Crippen molar-refractivity contribution in [3.8, 4) is 11.3 Å². The van der Waals surface area contributed by atoms with Gasteiger partial charge in [0.25, 0.3) is 5.56 Å². The Hall–Kier alpha value is -2.95. The lowest BCUT2D eigenvalue weighted by molar-refractivity contribution is -0.120. The summed E-state index contributed by atoms with van der Waals surface area (Å²) in [6, 6.07) is 13.4. The molecule has 1 aromatic heterocycles. The second kappa shape index (κ2) is 6.89. The molecule has 0 saturated carbocycles. The average molecular weight is 338 g/mol. The van der Waals surface area contributed by atoms with Gasteiger partial charge >= 0.3 is 0 Å². The first-order valence-corrected chi connectivity index (χ1v) is 8.10. The molecule has 25 heavy (non-hydrogen) atoms. The van der Waals surface area contributed by atoms with Crippen LogP contribution in [0.3, 0.4) is 0 Å². The molecule has 0 spiro atoms. The molecule has 0 radical (unpaired) electrons. The molecule has 128 valence electrons. The van der Waals surface area contributed by atoms with Crippen molar-refractivity contribution in [2.24, 2.45) is 7.05 Å². The Morgan fingerprint density at radius 1 is 1.08 bits per heavy atom. The van der Waals surface area contributed by atoms with Gasteiger partial charge < -0.3 is 9.88 Å². The normalized spacial score (nSPS) is 10.8. The highest BCUT2D eigenvalue weighted by Gasteiger charge is 2.17. The minimum absolute atomic E-state index is 0.0667. The van der Waals surface area contributed by atoms with Crippen molar-refractivity contribution in [2.75, 3.05) is 7.05 Å². The molecule has 1 amide bonds. The second-order valence-corrected chi connectivity index (χ2v) is 5.92. The largest absolute Gasteiger partial charge is 0.359 e. The molecule has 0 bridgehead atoms. The van der Waals surface area contributed by atoms with Crippen molar-refractivity contribution in [2.45, 2.75) is 12.8 Å². The van der Waals surface area contributed by atoms with Gasteiger partial charge in [0.1, 0.15) is 5.82 Å². The van der Waals surface area contributed by atoms with Gasteiger partial charge in [0.05, 0.1) is 5.69 Å². The summed E-state index contributed by atoms with van der Waals surface area (Å²) in [5.41, 5.74) is 2.26. The van der Waals surface area contributed by atoms with Crippen molar-refractivity contribution in [1.82, 2.24) is 9.88 Å². The number of pyridine rings is 1. The third-order valence-electron chi connectivity index (χ3n) is 4.41. The Balaban J connectivity index is 2.29. The maximum Gasteiger partial charge on any atom is 0.258 e. The zero-order valence-corrected chi connectivity index (χ0v) is 14.2. The summed E-state index contributed by atoms with van der Waals surface area (Å²) < 4.78 is 14.9. The molecule has 2 aromatic carbocycles. The highest BCUT2D eigenvalue weighted by Crippen LogP contribution is 2.29. The topological polar surface area (TPSA) is 51.1 Å². The number of carbonyl (C=O) groups excluding carboxylic acids is 1. The fraction of sp³-hybridized carbons (Fsp3) is 0.200. The van der Waals surface area contributed by atoms with Crippen LogP contribution in [0.4, 0.5) is 4.39 Å². The number of carbonyl (C=O) groups is 1. The number of hydrogen-bond donors (Lipinski definition) is 1. The number of benzene rings is 2. The van der Waals surface area contributed by atoms with E-state index >= 15 is 0 Å². The van der Waals surface area contributed by atoms with E-state index in [0.29, 0.717) is 23.9 Å². The second-order valence-electron chi connectivity index (χ2n) is 5.92. The maximum absolute atomic E-state index is 13.3. The zero-order valence-electron chi connectivity index (χ0n) is 14.2. The Morgan fingerprint density at radius 2 is 1.72 bits per heavy atom. The van der Waals surface area contributed by atoms with Crippen molar-refractivity contribution in [3.63, 3.8) is 0 Å². The Morgan fingerprint density at radius 3 is 2.36 bits per heavy atom. The first-order valence-electron chi connectivity index (χ1n) is 8.10. The Kier molecular flexibility index (Phi) is 4.65. The van der Waals surface area contributed by atoms with Gasteiger partial charge in [0.15, 0.2) is 0 Å². The van der Waals surface area contributed by atoms with Crippen LogP contribution in [0.5, 0.6) is 0 Å². The molecular formula is C20H19FN2O2. The molecule has 0 saturated heterocycles. The monoisotopic (exact) mass is 338 g/mol. The SMILES string of the molecule is CNC(=O)CCc1c(-c2ccc(F)cc2)n(C)c(=O)c2ccccc12. The standard InChI is InChI=1S/C20H19FN2O2/c1-22-18(24)12-11-16-15-5-3-4-6-17(15)20(25)23(2)19(16)13-7-9-14(21)10-8-13/h3-10H,11-12H2,1-2H3,(H,22,24). The van der Waals surface area contributed by atoms with Crippen LogP contribution in [0, 0.1) is 5.82 Å². The van der Waals surface area contributed by atoms with Gasteiger partial charge in [-0.2, -0.15) is 0 Å². The maximum atomic E-state index is 13.3. The van der Waals surface area contributed by atoms with Gasteiger partial charge in [-0.15, -0.1) is 0 Å². The van der Waals surface area contributed by atoms with Crippen molar-refractivity contribution >= 4 is 16.7 Å². The van der Waals surface area contributed by atoms with E-state index in [2.05, 4.69) is 5.32 Å². The van der Waals surface area contributed by atoms with Gasteiger partial charge in [0.2, 0.25) is 5.91 Å². The fourth-order valence-corrected chi connectivity index (χ4v) is 3.14. The number of nitrogens with one attached hydrogen (secondary N) is 1. The molecule has 0 aliphatic rings. The summed E-state index contributed by atoms with van der Waals surface area (Å²) in [5.74, 6) is -0.399. The lowest BCUT2D eigenvalue weighted by Crippen LogP contribution is -2.22. The number of aryl methyl sites for hydroxylation is 1. The lowest BCUT2D eigenvalue weighted by atomic mass is 9.95. The Labute approximate surface area is 144 Å². The molecule has 0 fully saturated rings. The average Bonchev–Trinajstić information content (AvgIpc) is 2.64. The smallest absolute Gasteiger partial charge is 0.258 e. The van der Waals surface area contributed by atoms with Crippen molar-refractivity contribution in [1.29, 1.82) is 0 Å². The number of fused-ring (bicyclic) bond motifs is 1. The van der Waals surface area contributed by atoms with E-state index in [9.17, 15) is 14.0 Å². The highest BCUT2D eigenvalue weighted by molar-refractivity contribution is 5.90. The van der Waals surface area contributed by atoms with Crippen LogP contribution in [-0.4, -0.2) is 17.5 Å². The van der Waals surface area contributed by atoms with Crippen LogP contribution in [0.2, 0.25) is 0 Å². The van der Waals surface area contributed by atoms with E-state index in [1.165, 1.54) is 12.1 Å². The highest BCUT2D eigenvalue weighted by atomic mass is 19.1. The van der Waals surface area contributed by atoms with Crippen LogP contribution in [0.25, 0.3) is 22.0 Å². The van der Waals surface area contributed by atoms with Gasteiger partial charge in [-0.3, -0.25) is 9.59 Å². The third-order valence-corrected chi connectivity index (χ3v) is 4.41. The quantitative estimate of drug-likeness (QED) is 0.795. The van der Waals surface area contributed by atoms with E-state index in [4.69, 9.17) is 0 Å². The van der Waals surface area contributed by atoms with Crippen LogP contribution in [0.1, 0.15) is 12.0 Å². The molecule has 5 heteroatoms. The van der Waals surface area contributed by atoms with E-state index in [1.54, 1.807) is 36.9 Å². The van der Waals surface area contributed by atoms with E-state index in [1.807, 2.05) is 18.2 Å². The number of aromatic nitrogens is 1. The molecular weight excluding hydrogens is 319 g/mol. The predicted octanol–water partition coefficient (Wildman–Crippen LogP) is 3.02. The van der Waals surface area contributed by atoms with Crippen LogP contribution in [0.15, 0.2) is 53.3 Å². The molecule has 3 aromatic rings. The first kappa shape index (κ1) is 16.9. The van der Waals surface area contributed by atoms with E-state index < -0.39 is 0 Å². The molecule has 0 unspecified atom stereocenters. The molecule has 0 aliphatic carbocycles. The molecule has 3 rings (SSSR count). The van der Waals surface area contributed by atoms with Crippen molar-refractivity contribution in [3.05, 3.63) is 70.3 Å². The minimum Gasteiger partial charge on any atom is -0.359 e. The van der Waals surface area contributed by atoms with Gasteiger partial charge in [0, 0.05) is 25.9 Å². The van der Waals surface area contributed by atoms with Crippen LogP contribution >= 0.6 is 0 Å². The van der Waals surface area contributed by atoms with E-state index in [0.717, 1.165) is 16.5 Å². The predicted molar refractivity (Wildman–Crippen MR) is 97.0 cm³/mol. The summed E-state index contributed by atoms with van der Waals surface area (Å²) in [4.78, 5) is 24.5. The number of rotatable bonds is 4. The number of amides is 1. The van der Waals surface area contributed by atoms with Crippen LogP contribution < -0.4 is 10.9 Å². The Bertz CT molecular complexity index is 991. The minimum atomic E-state index is -0.332. The first-order chi connectivity index (χ1) is 12.0. The summed E-state index contributed by atoms with van der Waals surface area (Å²) >= 11 is 0. The van der Waals surface area contributed by atoms with Gasteiger partial charge in [-0.1, -0.05) is 18.2 Å². The van der Waals surface area contributed by atoms with Crippen LogP contribution in [-0.2, 0) is 18.3 Å². The summed E-state index contributed by atoms with van der Waals surface area (Å²) in [7, 11) is 3.30. The fourth-order valence-electron chi connectivity index (χ4n) is 3.14. The molecule has 0 atom stereocenters. The number of hydrogen-bond acceptors (Lipinski definition) is 2. The molecule has 1 heterocycles. The molecule has 1 N–H and O–H groups in total. The summed E-state index contributed by atoms with van der Waals surface area (Å²) in [6.45, 7) is 0. The van der Waals surface area contributed by atoms with Gasteiger partial charge in [-0.05, 0) is 53.3 Å². The van der Waals surface area contributed by atoms with E-state index in [-0.39, 0.29) is 17.3 Å². The third kappa shape index (κ3) is 3.18. The van der Waals surface area contributed by atoms with Crippen molar-refractivity contribution < 1.29 is 9.18 Å². The summed E-state index contributed by atoms with van der Waals surface area (Å²) in [5, 5.41) is 4.06. The number of nitrogens with zero attached hydrogens (tertiary/aromatic N) is 1.